The van der Waals surface area contributed by atoms with Crippen molar-refractivity contribution < 1.29 is 14.1 Å². The van der Waals surface area contributed by atoms with E-state index in [-0.39, 0.29) is 19.1 Å². The van der Waals surface area contributed by atoms with Crippen molar-refractivity contribution in [2.45, 2.75) is 27.0 Å². The molecule has 0 aliphatic rings. The summed E-state index contributed by atoms with van der Waals surface area (Å²) in [4.78, 5) is 16.2. The topological polar surface area (TPSA) is 95.1 Å². The van der Waals surface area contributed by atoms with Crippen LogP contribution in [0.15, 0.2) is 34.9 Å². The molecule has 0 spiro atoms. The third-order valence-corrected chi connectivity index (χ3v) is 3.74. The molecule has 25 heavy (non-hydrogen) atoms. The lowest BCUT2D eigenvalue weighted by atomic mass is 10.2. The molecule has 8 nitrogen and oxygen atoms in total. The molecule has 3 aromatic rings. The van der Waals surface area contributed by atoms with Gasteiger partial charge in [-0.15, -0.1) is 0 Å². The summed E-state index contributed by atoms with van der Waals surface area (Å²) in [6.45, 7) is 4.13. The minimum absolute atomic E-state index is 0.146. The largest absolute Gasteiger partial charge is 0.480 e. The SMILES string of the molecule is Cc1nn(C)c(C)c1OCc1nc(CNC(=O)c2ccccc2)no1. The van der Waals surface area contributed by atoms with Gasteiger partial charge in [-0.1, -0.05) is 23.4 Å². The van der Waals surface area contributed by atoms with E-state index >= 15 is 0 Å². The van der Waals surface area contributed by atoms with Crippen LogP contribution >= 0.6 is 0 Å². The number of aryl methyl sites for hydroxylation is 2. The minimum Gasteiger partial charge on any atom is -0.480 e. The van der Waals surface area contributed by atoms with Crippen molar-refractivity contribution in [3.63, 3.8) is 0 Å². The molecule has 0 radical (unpaired) electrons. The first kappa shape index (κ1) is 16.7. The second-order valence-corrected chi connectivity index (χ2v) is 5.57. The van der Waals surface area contributed by atoms with Crippen LogP contribution in [0.1, 0.15) is 33.5 Å². The second kappa shape index (κ2) is 7.16. The Labute approximate surface area is 144 Å². The zero-order chi connectivity index (χ0) is 17.8. The van der Waals surface area contributed by atoms with E-state index < -0.39 is 0 Å². The molecule has 0 saturated heterocycles. The van der Waals surface area contributed by atoms with Gasteiger partial charge in [-0.2, -0.15) is 10.1 Å². The number of nitrogens with one attached hydrogen (secondary N) is 1. The Morgan fingerprint density at radius 2 is 2.04 bits per heavy atom. The maximum absolute atomic E-state index is 12.0. The van der Waals surface area contributed by atoms with Gasteiger partial charge in [-0.3, -0.25) is 9.48 Å². The first-order valence-electron chi connectivity index (χ1n) is 7.82. The molecule has 0 atom stereocenters. The van der Waals surface area contributed by atoms with Gasteiger partial charge in [-0.25, -0.2) is 0 Å². The molecule has 130 valence electrons. The Hall–Kier alpha value is -3.16. The predicted molar refractivity (Wildman–Crippen MR) is 88.9 cm³/mol. The Balaban J connectivity index is 1.55. The van der Waals surface area contributed by atoms with Gasteiger partial charge in [-0.05, 0) is 26.0 Å². The van der Waals surface area contributed by atoms with Crippen molar-refractivity contribution in [2.75, 3.05) is 0 Å². The summed E-state index contributed by atoms with van der Waals surface area (Å²) in [6.07, 6.45) is 0. The Morgan fingerprint density at radius 1 is 1.28 bits per heavy atom. The Morgan fingerprint density at radius 3 is 2.72 bits per heavy atom. The van der Waals surface area contributed by atoms with Crippen LogP contribution < -0.4 is 10.1 Å². The maximum atomic E-state index is 12.0. The summed E-state index contributed by atoms with van der Waals surface area (Å²) < 4.78 is 12.6. The fourth-order valence-corrected chi connectivity index (χ4v) is 2.37. The van der Waals surface area contributed by atoms with Crippen LogP contribution in [0.25, 0.3) is 0 Å². The Bertz CT molecular complexity index is 870. The third kappa shape index (κ3) is 3.85. The number of hydrogen-bond donors (Lipinski definition) is 1. The predicted octanol–water partition coefficient (Wildman–Crippen LogP) is 1.93. The molecule has 0 aliphatic carbocycles. The smallest absolute Gasteiger partial charge is 0.264 e. The monoisotopic (exact) mass is 341 g/mol. The fourth-order valence-electron chi connectivity index (χ4n) is 2.37. The number of rotatable bonds is 6. The number of aromatic nitrogens is 4. The maximum Gasteiger partial charge on any atom is 0.264 e. The molecule has 2 aromatic heterocycles. The average Bonchev–Trinajstić information content (AvgIpc) is 3.17. The van der Waals surface area contributed by atoms with E-state index in [9.17, 15) is 4.79 Å². The van der Waals surface area contributed by atoms with Gasteiger partial charge in [0.1, 0.15) is 5.69 Å². The van der Waals surface area contributed by atoms with Crippen LogP contribution in [-0.4, -0.2) is 25.8 Å². The number of nitrogens with zero attached hydrogens (tertiary/aromatic N) is 4. The zero-order valence-corrected chi connectivity index (χ0v) is 14.3. The molecule has 0 aliphatic heterocycles. The fraction of sp³-hybridized carbons (Fsp3) is 0.294. The quantitative estimate of drug-likeness (QED) is 0.736. The van der Waals surface area contributed by atoms with Crippen molar-refractivity contribution in [1.29, 1.82) is 0 Å². The van der Waals surface area contributed by atoms with Crippen LogP contribution in [0.4, 0.5) is 0 Å². The van der Waals surface area contributed by atoms with E-state index in [1.54, 1.807) is 28.9 Å². The van der Waals surface area contributed by atoms with E-state index in [1.165, 1.54) is 0 Å². The van der Waals surface area contributed by atoms with Gasteiger partial charge in [0.2, 0.25) is 0 Å². The van der Waals surface area contributed by atoms with Crippen molar-refractivity contribution in [1.82, 2.24) is 25.2 Å². The molecule has 8 heteroatoms. The molecule has 3 rings (SSSR count). The Kier molecular flexibility index (Phi) is 4.78. The van der Waals surface area contributed by atoms with E-state index in [2.05, 4.69) is 20.6 Å². The molecule has 0 saturated carbocycles. The van der Waals surface area contributed by atoms with E-state index in [0.29, 0.717) is 23.0 Å². The van der Waals surface area contributed by atoms with Gasteiger partial charge in [0, 0.05) is 12.6 Å². The van der Waals surface area contributed by atoms with Crippen LogP contribution in [0, 0.1) is 13.8 Å². The van der Waals surface area contributed by atoms with E-state index in [4.69, 9.17) is 9.26 Å². The number of ether oxygens (including phenoxy) is 1. The van der Waals surface area contributed by atoms with Crippen LogP contribution in [0.3, 0.4) is 0 Å². The summed E-state index contributed by atoms with van der Waals surface area (Å²) in [5.41, 5.74) is 2.30. The van der Waals surface area contributed by atoms with Crippen LogP contribution in [0.2, 0.25) is 0 Å². The van der Waals surface area contributed by atoms with Gasteiger partial charge in [0.05, 0.1) is 12.2 Å². The van der Waals surface area contributed by atoms with Crippen molar-refractivity contribution >= 4 is 5.91 Å². The standard InChI is InChI=1S/C17H19N5O3/c1-11-16(12(2)22(3)20-11)24-10-15-19-14(21-25-15)9-18-17(23)13-7-5-4-6-8-13/h4-8H,9-10H2,1-3H3,(H,18,23). The number of carbonyl (C=O) groups excluding carboxylic acids is 1. The molecule has 0 fully saturated rings. The lowest BCUT2D eigenvalue weighted by Crippen LogP contribution is -2.23. The van der Waals surface area contributed by atoms with Gasteiger partial charge in [0.15, 0.2) is 18.2 Å². The van der Waals surface area contributed by atoms with E-state index in [1.807, 2.05) is 27.0 Å². The summed E-state index contributed by atoms with van der Waals surface area (Å²) in [5, 5.41) is 10.9. The molecule has 1 amide bonds. The molecular weight excluding hydrogens is 322 g/mol. The molecule has 1 aromatic carbocycles. The molecule has 1 N–H and O–H groups in total. The molecule has 0 bridgehead atoms. The molecule has 0 unspecified atom stereocenters. The van der Waals surface area contributed by atoms with Crippen LogP contribution in [0.5, 0.6) is 5.75 Å². The highest BCUT2D eigenvalue weighted by Gasteiger charge is 2.14. The highest BCUT2D eigenvalue weighted by Crippen LogP contribution is 2.22. The van der Waals surface area contributed by atoms with Crippen LogP contribution in [-0.2, 0) is 20.2 Å². The number of amides is 1. The van der Waals surface area contributed by atoms with Gasteiger partial charge in [0.25, 0.3) is 11.8 Å². The lowest BCUT2D eigenvalue weighted by molar-refractivity contribution is 0.0949. The van der Waals surface area contributed by atoms with Crippen molar-refractivity contribution in [3.8, 4) is 5.75 Å². The van der Waals surface area contributed by atoms with Gasteiger partial charge >= 0.3 is 0 Å². The highest BCUT2D eigenvalue weighted by atomic mass is 16.5. The first-order valence-corrected chi connectivity index (χ1v) is 7.82. The van der Waals surface area contributed by atoms with E-state index in [0.717, 1.165) is 11.4 Å². The normalized spacial score (nSPS) is 10.7. The second-order valence-electron chi connectivity index (χ2n) is 5.57. The summed E-state index contributed by atoms with van der Waals surface area (Å²) in [6, 6.07) is 8.95. The first-order chi connectivity index (χ1) is 12.0. The van der Waals surface area contributed by atoms with Crippen molar-refractivity contribution in [2.24, 2.45) is 7.05 Å². The average molecular weight is 341 g/mol. The lowest BCUT2D eigenvalue weighted by Gasteiger charge is -2.03. The molecular formula is C17H19N5O3. The summed E-state index contributed by atoms with van der Waals surface area (Å²) >= 11 is 0. The zero-order valence-electron chi connectivity index (χ0n) is 14.3. The summed E-state index contributed by atoms with van der Waals surface area (Å²) in [5.74, 6) is 1.25. The highest BCUT2D eigenvalue weighted by molar-refractivity contribution is 5.93. The van der Waals surface area contributed by atoms with Crippen molar-refractivity contribution in [3.05, 3.63) is 59.0 Å². The number of carbonyl (C=O) groups is 1. The molecule has 2 heterocycles. The third-order valence-electron chi connectivity index (χ3n) is 3.74. The number of hydrogen-bond acceptors (Lipinski definition) is 6. The van der Waals surface area contributed by atoms with Gasteiger partial charge < -0.3 is 14.6 Å². The number of benzene rings is 1. The minimum atomic E-state index is -0.190. The summed E-state index contributed by atoms with van der Waals surface area (Å²) in [7, 11) is 1.86.